The van der Waals surface area contributed by atoms with E-state index >= 15 is 0 Å². The Kier molecular flexibility index (Phi) is 5.67. The summed E-state index contributed by atoms with van der Waals surface area (Å²) in [7, 11) is 1.60. The van der Waals surface area contributed by atoms with Crippen molar-refractivity contribution < 1.29 is 9.53 Å². The van der Waals surface area contributed by atoms with E-state index in [1.165, 1.54) is 23.1 Å². The number of benzene rings is 2. The van der Waals surface area contributed by atoms with Crippen LogP contribution in [0.2, 0.25) is 0 Å². The zero-order valence-electron chi connectivity index (χ0n) is 13.8. The van der Waals surface area contributed by atoms with Gasteiger partial charge in [-0.25, -0.2) is 0 Å². The summed E-state index contributed by atoms with van der Waals surface area (Å²) in [5.74, 6) is 0.582. The Hall–Kier alpha value is -2.38. The largest absolute Gasteiger partial charge is 0.497 e. The van der Waals surface area contributed by atoms with E-state index in [9.17, 15) is 4.79 Å². The van der Waals surface area contributed by atoms with E-state index in [1.54, 1.807) is 13.2 Å². The molecule has 25 heavy (non-hydrogen) atoms. The van der Waals surface area contributed by atoms with E-state index < -0.39 is 5.25 Å². The molecule has 1 N–H and O–H groups in total. The number of nitrogens with one attached hydrogen (secondary N) is 1. The number of hydrogen-bond acceptors (Lipinski definition) is 6. The van der Waals surface area contributed by atoms with Crippen molar-refractivity contribution in [1.29, 1.82) is 0 Å². The molecular weight excluding hydrogens is 354 g/mol. The van der Waals surface area contributed by atoms with Gasteiger partial charge >= 0.3 is 0 Å². The van der Waals surface area contributed by atoms with Crippen molar-refractivity contribution in [2.24, 2.45) is 0 Å². The van der Waals surface area contributed by atoms with Gasteiger partial charge in [-0.1, -0.05) is 59.5 Å². The number of hydrogen-bond donors (Lipinski definition) is 1. The maximum absolute atomic E-state index is 12.9. The number of anilines is 1. The third-order valence-electron chi connectivity index (χ3n) is 3.40. The van der Waals surface area contributed by atoms with Crippen LogP contribution in [-0.2, 0) is 4.79 Å². The fourth-order valence-corrected chi connectivity index (χ4v) is 4.24. The van der Waals surface area contributed by atoms with E-state index in [0.29, 0.717) is 11.4 Å². The van der Waals surface area contributed by atoms with Crippen LogP contribution >= 0.6 is 23.1 Å². The molecule has 0 aliphatic carbocycles. The fourth-order valence-electron chi connectivity index (χ4n) is 2.24. The lowest BCUT2D eigenvalue weighted by molar-refractivity contribution is -0.115. The molecule has 3 aromatic rings. The number of ether oxygens (including phenoxy) is 1. The van der Waals surface area contributed by atoms with Crippen molar-refractivity contribution in [2.75, 3.05) is 12.4 Å². The number of aromatic nitrogens is 2. The molecule has 128 valence electrons. The fraction of sp³-hybridized carbons (Fsp3) is 0.167. The van der Waals surface area contributed by atoms with Gasteiger partial charge < -0.3 is 10.1 Å². The van der Waals surface area contributed by atoms with Gasteiger partial charge in [0.05, 0.1) is 7.11 Å². The molecule has 0 unspecified atom stereocenters. The second-order valence-electron chi connectivity index (χ2n) is 5.22. The molecule has 1 aromatic heterocycles. The maximum atomic E-state index is 12.9. The molecule has 0 radical (unpaired) electrons. The first-order valence-corrected chi connectivity index (χ1v) is 9.32. The highest BCUT2D eigenvalue weighted by Gasteiger charge is 2.24. The average Bonchev–Trinajstić information content (AvgIpc) is 3.05. The normalized spacial score (nSPS) is 11.8. The van der Waals surface area contributed by atoms with Crippen molar-refractivity contribution in [3.05, 3.63) is 65.2 Å². The van der Waals surface area contributed by atoms with Gasteiger partial charge in [0.25, 0.3) is 0 Å². The number of aryl methyl sites for hydroxylation is 1. The lowest BCUT2D eigenvalue weighted by atomic mass is 10.1. The van der Waals surface area contributed by atoms with Crippen LogP contribution in [0.15, 0.2) is 58.9 Å². The summed E-state index contributed by atoms with van der Waals surface area (Å²) in [4.78, 5) is 12.9. The molecule has 0 spiro atoms. The monoisotopic (exact) mass is 371 g/mol. The van der Waals surface area contributed by atoms with Gasteiger partial charge in [0.15, 0.2) is 4.34 Å². The van der Waals surface area contributed by atoms with Crippen LogP contribution in [0.1, 0.15) is 15.8 Å². The Balaban J connectivity index is 1.83. The predicted octanol–water partition coefficient (Wildman–Crippen LogP) is 4.33. The summed E-state index contributed by atoms with van der Waals surface area (Å²) < 4.78 is 5.98. The van der Waals surface area contributed by atoms with Crippen molar-refractivity contribution in [1.82, 2.24) is 10.2 Å². The summed E-state index contributed by atoms with van der Waals surface area (Å²) >= 11 is 2.88. The maximum Gasteiger partial charge on any atom is 0.242 e. The molecule has 0 saturated carbocycles. The second-order valence-corrected chi connectivity index (χ2v) is 7.75. The predicted molar refractivity (Wildman–Crippen MR) is 101 cm³/mol. The second kappa shape index (κ2) is 8.13. The lowest BCUT2D eigenvalue weighted by Crippen LogP contribution is -2.19. The van der Waals surface area contributed by atoms with Gasteiger partial charge in [-0.3, -0.25) is 4.79 Å². The van der Waals surface area contributed by atoms with E-state index in [2.05, 4.69) is 15.5 Å². The lowest BCUT2D eigenvalue weighted by Gasteiger charge is -2.16. The molecular formula is C18H17N3O2S2. The molecule has 5 nitrogen and oxygen atoms in total. The molecule has 3 rings (SSSR count). The summed E-state index contributed by atoms with van der Waals surface area (Å²) in [5.41, 5.74) is 1.61. The Morgan fingerprint density at radius 3 is 2.64 bits per heavy atom. The number of rotatable bonds is 6. The molecule has 0 aliphatic rings. The number of carbonyl (C=O) groups excluding carboxylic acids is 1. The molecule has 2 aromatic carbocycles. The highest BCUT2D eigenvalue weighted by atomic mass is 32.2. The van der Waals surface area contributed by atoms with Crippen LogP contribution in [0, 0.1) is 6.92 Å². The Labute approximate surface area is 154 Å². The Bertz CT molecular complexity index is 852. The first-order chi connectivity index (χ1) is 12.2. The summed E-state index contributed by atoms with van der Waals surface area (Å²) in [6.45, 7) is 1.90. The van der Waals surface area contributed by atoms with Crippen LogP contribution in [0.4, 0.5) is 5.69 Å². The van der Waals surface area contributed by atoms with E-state index in [-0.39, 0.29) is 5.91 Å². The van der Waals surface area contributed by atoms with Gasteiger partial charge in [0, 0.05) is 11.8 Å². The average molecular weight is 371 g/mol. The first-order valence-electron chi connectivity index (χ1n) is 7.62. The molecule has 1 heterocycles. The third-order valence-corrected chi connectivity index (χ3v) is 5.58. The van der Waals surface area contributed by atoms with Crippen molar-refractivity contribution in [2.45, 2.75) is 16.5 Å². The highest BCUT2D eigenvalue weighted by Crippen LogP contribution is 2.37. The van der Waals surface area contributed by atoms with E-state index in [4.69, 9.17) is 4.74 Å². The minimum Gasteiger partial charge on any atom is -0.497 e. The summed E-state index contributed by atoms with van der Waals surface area (Å²) in [6, 6.07) is 17.0. The zero-order chi connectivity index (χ0) is 17.6. The molecule has 7 heteroatoms. The van der Waals surface area contributed by atoms with Crippen molar-refractivity contribution in [3.63, 3.8) is 0 Å². The quantitative estimate of drug-likeness (QED) is 0.654. The third kappa shape index (κ3) is 4.58. The molecule has 0 saturated heterocycles. The van der Waals surface area contributed by atoms with E-state index in [1.807, 2.05) is 55.5 Å². The van der Waals surface area contributed by atoms with Crippen LogP contribution in [0.3, 0.4) is 0 Å². The molecule has 1 amide bonds. The number of nitrogens with zero attached hydrogens (tertiary/aromatic N) is 2. The van der Waals surface area contributed by atoms with E-state index in [0.717, 1.165) is 14.9 Å². The minimum absolute atomic E-state index is 0.114. The number of methoxy groups -OCH3 is 1. The van der Waals surface area contributed by atoms with Crippen LogP contribution < -0.4 is 10.1 Å². The van der Waals surface area contributed by atoms with Gasteiger partial charge in [-0.2, -0.15) is 0 Å². The molecule has 1 atom stereocenters. The molecule has 0 aliphatic heterocycles. The number of amides is 1. The Morgan fingerprint density at radius 2 is 1.96 bits per heavy atom. The highest BCUT2D eigenvalue weighted by molar-refractivity contribution is 8.01. The van der Waals surface area contributed by atoms with Crippen molar-refractivity contribution >= 4 is 34.7 Å². The minimum atomic E-state index is -0.417. The zero-order valence-corrected chi connectivity index (χ0v) is 15.4. The van der Waals surface area contributed by atoms with Gasteiger partial charge in [0.2, 0.25) is 5.91 Å². The number of carbonyl (C=O) groups is 1. The van der Waals surface area contributed by atoms with Crippen LogP contribution in [0.5, 0.6) is 5.75 Å². The van der Waals surface area contributed by atoms with Crippen LogP contribution in [0.25, 0.3) is 0 Å². The molecule has 0 fully saturated rings. The van der Waals surface area contributed by atoms with Crippen molar-refractivity contribution in [3.8, 4) is 5.75 Å². The first kappa shape index (κ1) is 17.4. The number of thioether (sulfide) groups is 1. The SMILES string of the molecule is COc1cccc(NC(=O)[C@@H](Sc2nnc(C)s2)c2ccccc2)c1. The summed E-state index contributed by atoms with van der Waals surface area (Å²) in [6.07, 6.45) is 0. The standard InChI is InChI=1S/C18H17N3O2S2/c1-12-20-21-18(24-12)25-16(13-7-4-3-5-8-13)17(22)19-14-9-6-10-15(11-14)23-2/h3-11,16H,1-2H3,(H,19,22)/t16-/m0/s1. The topological polar surface area (TPSA) is 64.1 Å². The van der Waals surface area contributed by atoms with Gasteiger partial charge in [0.1, 0.15) is 16.0 Å². The van der Waals surface area contributed by atoms with Crippen LogP contribution in [-0.4, -0.2) is 23.2 Å². The molecule has 0 bridgehead atoms. The smallest absolute Gasteiger partial charge is 0.242 e. The van der Waals surface area contributed by atoms with Gasteiger partial charge in [-0.05, 0) is 24.6 Å². The van der Waals surface area contributed by atoms with Gasteiger partial charge in [-0.15, -0.1) is 10.2 Å². The Morgan fingerprint density at radius 1 is 1.16 bits per heavy atom. The summed E-state index contributed by atoms with van der Waals surface area (Å²) in [5, 5.41) is 11.6.